The standard InChI is InChI=1S/C11H9FO3S/c1-15-5-8-7-3-2-6(12)4-9(7)16-10(8)11(13)14/h2-4H,5H2,1H3,(H,13,14). The smallest absolute Gasteiger partial charge is 0.346 e. The van der Waals surface area contributed by atoms with Crippen LogP contribution in [0.4, 0.5) is 4.39 Å². The number of carboxylic acid groups (broad SMARTS) is 1. The van der Waals surface area contributed by atoms with E-state index >= 15 is 0 Å². The molecule has 0 amide bonds. The second-order valence-electron chi connectivity index (χ2n) is 3.29. The number of hydrogen-bond acceptors (Lipinski definition) is 3. The SMILES string of the molecule is COCc1c(C(=O)O)sc2cc(F)ccc12. The maximum absolute atomic E-state index is 13.0. The molecule has 0 unspecified atom stereocenters. The summed E-state index contributed by atoms with van der Waals surface area (Å²) in [6.45, 7) is 0.216. The van der Waals surface area contributed by atoms with Gasteiger partial charge in [-0.3, -0.25) is 0 Å². The topological polar surface area (TPSA) is 46.5 Å². The fraction of sp³-hybridized carbons (Fsp3) is 0.182. The van der Waals surface area contributed by atoms with Crippen molar-refractivity contribution in [2.75, 3.05) is 7.11 Å². The highest BCUT2D eigenvalue weighted by Gasteiger charge is 2.17. The molecule has 1 aromatic carbocycles. The van der Waals surface area contributed by atoms with E-state index < -0.39 is 5.97 Å². The molecule has 0 aliphatic carbocycles. The van der Waals surface area contributed by atoms with E-state index in [2.05, 4.69) is 0 Å². The van der Waals surface area contributed by atoms with Gasteiger partial charge >= 0.3 is 5.97 Å². The number of aromatic carboxylic acids is 1. The van der Waals surface area contributed by atoms with Gasteiger partial charge in [0, 0.05) is 17.4 Å². The Balaban J connectivity index is 2.70. The maximum Gasteiger partial charge on any atom is 0.346 e. The van der Waals surface area contributed by atoms with Gasteiger partial charge in [-0.1, -0.05) is 6.07 Å². The minimum absolute atomic E-state index is 0.211. The largest absolute Gasteiger partial charge is 0.477 e. The van der Waals surface area contributed by atoms with Gasteiger partial charge in [-0.05, 0) is 17.5 Å². The van der Waals surface area contributed by atoms with E-state index in [0.717, 1.165) is 16.7 Å². The third-order valence-corrected chi connectivity index (χ3v) is 3.42. The summed E-state index contributed by atoms with van der Waals surface area (Å²) >= 11 is 1.07. The second-order valence-corrected chi connectivity index (χ2v) is 4.34. The number of carbonyl (C=O) groups is 1. The molecule has 1 N–H and O–H groups in total. The first-order valence-corrected chi connectivity index (χ1v) is 5.38. The normalized spacial score (nSPS) is 10.9. The summed E-state index contributed by atoms with van der Waals surface area (Å²) in [4.78, 5) is 11.2. The molecule has 1 heterocycles. The van der Waals surface area contributed by atoms with E-state index in [1.165, 1.54) is 19.2 Å². The van der Waals surface area contributed by atoms with Gasteiger partial charge in [0.05, 0.1) is 6.61 Å². The summed E-state index contributed by atoms with van der Waals surface area (Å²) in [6, 6.07) is 4.24. The van der Waals surface area contributed by atoms with Crippen LogP contribution < -0.4 is 0 Å². The lowest BCUT2D eigenvalue weighted by atomic mass is 10.1. The van der Waals surface area contributed by atoms with Gasteiger partial charge in [-0.2, -0.15) is 0 Å². The second kappa shape index (κ2) is 4.19. The number of thiophene rings is 1. The Labute approximate surface area is 95.1 Å². The van der Waals surface area contributed by atoms with E-state index in [9.17, 15) is 9.18 Å². The third-order valence-electron chi connectivity index (χ3n) is 2.24. The molecule has 0 fully saturated rings. The van der Waals surface area contributed by atoms with Crippen LogP contribution in [-0.2, 0) is 11.3 Å². The molecule has 3 nitrogen and oxygen atoms in total. The lowest BCUT2D eigenvalue weighted by Gasteiger charge is -1.99. The highest BCUT2D eigenvalue weighted by Crippen LogP contribution is 2.32. The Bertz CT molecular complexity index is 547. The lowest BCUT2D eigenvalue weighted by molar-refractivity contribution is 0.0698. The van der Waals surface area contributed by atoms with Crippen LogP contribution in [0.15, 0.2) is 18.2 Å². The summed E-state index contributed by atoms with van der Waals surface area (Å²) < 4.78 is 18.6. The zero-order chi connectivity index (χ0) is 11.7. The van der Waals surface area contributed by atoms with Crippen LogP contribution in [0.2, 0.25) is 0 Å². The molecule has 5 heteroatoms. The molecule has 0 radical (unpaired) electrons. The molecule has 0 spiro atoms. The number of carboxylic acids is 1. The predicted molar refractivity (Wildman–Crippen MR) is 59.5 cm³/mol. The van der Waals surface area contributed by atoms with Crippen LogP contribution in [0.1, 0.15) is 15.2 Å². The Hall–Kier alpha value is -1.46. The molecule has 0 saturated carbocycles. The van der Waals surface area contributed by atoms with Crippen LogP contribution in [0.5, 0.6) is 0 Å². The first kappa shape index (κ1) is 11.0. The Kier molecular flexibility index (Phi) is 2.89. The van der Waals surface area contributed by atoms with Gasteiger partial charge < -0.3 is 9.84 Å². The van der Waals surface area contributed by atoms with Gasteiger partial charge in [0.15, 0.2) is 0 Å². The Morgan fingerprint density at radius 3 is 2.94 bits per heavy atom. The molecule has 2 rings (SSSR count). The molecule has 16 heavy (non-hydrogen) atoms. The fourth-order valence-electron chi connectivity index (χ4n) is 1.58. The number of rotatable bonds is 3. The third kappa shape index (κ3) is 1.79. The van der Waals surface area contributed by atoms with Gasteiger partial charge in [-0.15, -0.1) is 11.3 Å². The van der Waals surface area contributed by atoms with E-state index in [0.29, 0.717) is 10.3 Å². The number of benzene rings is 1. The molecule has 0 aliphatic heterocycles. The minimum atomic E-state index is -1.01. The van der Waals surface area contributed by atoms with Crippen molar-refractivity contribution in [1.82, 2.24) is 0 Å². The molecule has 0 aliphatic rings. The average Bonchev–Trinajstić information content (AvgIpc) is 2.57. The van der Waals surface area contributed by atoms with Crippen molar-refractivity contribution in [3.8, 4) is 0 Å². The first-order valence-electron chi connectivity index (χ1n) is 4.56. The monoisotopic (exact) mass is 240 g/mol. The van der Waals surface area contributed by atoms with Crippen molar-refractivity contribution in [1.29, 1.82) is 0 Å². The highest BCUT2D eigenvalue weighted by atomic mass is 32.1. The zero-order valence-electron chi connectivity index (χ0n) is 8.49. The number of halogens is 1. The summed E-state index contributed by atoms with van der Waals surface area (Å²) in [5, 5.41) is 9.77. The summed E-state index contributed by atoms with van der Waals surface area (Å²) in [5.41, 5.74) is 0.606. The minimum Gasteiger partial charge on any atom is -0.477 e. The van der Waals surface area contributed by atoms with Crippen molar-refractivity contribution in [3.63, 3.8) is 0 Å². The lowest BCUT2D eigenvalue weighted by Crippen LogP contribution is -1.98. The van der Waals surface area contributed by atoms with Crippen LogP contribution in [0, 0.1) is 5.82 Å². The molecule has 84 valence electrons. The molecular formula is C11H9FO3S. The summed E-state index contributed by atoms with van der Waals surface area (Å²) in [5.74, 6) is -1.37. The van der Waals surface area contributed by atoms with Crippen molar-refractivity contribution < 1.29 is 19.0 Å². The maximum atomic E-state index is 13.0. The molecule has 0 saturated heterocycles. The van der Waals surface area contributed by atoms with Gasteiger partial charge in [0.2, 0.25) is 0 Å². The molecule has 0 atom stereocenters. The number of fused-ring (bicyclic) bond motifs is 1. The zero-order valence-corrected chi connectivity index (χ0v) is 9.31. The Morgan fingerprint density at radius 2 is 2.31 bits per heavy atom. The van der Waals surface area contributed by atoms with Crippen LogP contribution in [0.3, 0.4) is 0 Å². The fourth-order valence-corrected chi connectivity index (χ4v) is 2.66. The summed E-state index contributed by atoms with van der Waals surface area (Å²) in [6.07, 6.45) is 0. The van der Waals surface area contributed by atoms with Crippen LogP contribution >= 0.6 is 11.3 Å². The molecule has 2 aromatic rings. The van der Waals surface area contributed by atoms with Crippen LogP contribution in [-0.4, -0.2) is 18.2 Å². The van der Waals surface area contributed by atoms with Crippen molar-refractivity contribution in [2.24, 2.45) is 0 Å². The number of hydrogen-bond donors (Lipinski definition) is 1. The van der Waals surface area contributed by atoms with Crippen molar-refractivity contribution >= 4 is 27.4 Å². The van der Waals surface area contributed by atoms with Gasteiger partial charge in [0.1, 0.15) is 10.7 Å². The predicted octanol–water partition coefficient (Wildman–Crippen LogP) is 2.89. The van der Waals surface area contributed by atoms with Crippen molar-refractivity contribution in [3.05, 3.63) is 34.5 Å². The van der Waals surface area contributed by atoms with E-state index in [1.54, 1.807) is 6.07 Å². The Morgan fingerprint density at radius 1 is 1.56 bits per heavy atom. The summed E-state index contributed by atoms with van der Waals surface area (Å²) in [7, 11) is 1.50. The molecule has 0 bridgehead atoms. The molecule has 1 aromatic heterocycles. The van der Waals surface area contributed by atoms with E-state index in [1.807, 2.05) is 0 Å². The highest BCUT2D eigenvalue weighted by molar-refractivity contribution is 7.21. The van der Waals surface area contributed by atoms with Gasteiger partial charge in [-0.25, -0.2) is 9.18 Å². The number of ether oxygens (including phenoxy) is 1. The quantitative estimate of drug-likeness (QED) is 0.897. The van der Waals surface area contributed by atoms with Gasteiger partial charge in [0.25, 0.3) is 0 Å². The van der Waals surface area contributed by atoms with E-state index in [-0.39, 0.29) is 17.3 Å². The van der Waals surface area contributed by atoms with Crippen molar-refractivity contribution in [2.45, 2.75) is 6.61 Å². The van der Waals surface area contributed by atoms with E-state index in [4.69, 9.17) is 9.84 Å². The first-order chi connectivity index (χ1) is 7.63. The average molecular weight is 240 g/mol. The van der Waals surface area contributed by atoms with Crippen LogP contribution in [0.25, 0.3) is 10.1 Å². The molecular weight excluding hydrogens is 231 g/mol. The number of methoxy groups -OCH3 is 1.